The van der Waals surface area contributed by atoms with Crippen molar-refractivity contribution in [2.24, 2.45) is 0 Å². The normalized spacial score (nSPS) is 11.1. The quantitative estimate of drug-likeness (QED) is 0.504. The molecule has 0 aliphatic heterocycles. The molecule has 0 aliphatic rings. The molecule has 94 valence electrons. The third kappa shape index (κ3) is 2.46. The highest BCUT2D eigenvalue weighted by Gasteiger charge is 2.20. The van der Waals surface area contributed by atoms with Crippen LogP contribution in [0.4, 0.5) is 5.69 Å². The van der Waals surface area contributed by atoms with Crippen molar-refractivity contribution < 1.29 is 17.5 Å². The maximum Gasteiger partial charge on any atom is 0.340 e. The predicted octanol–water partition coefficient (Wildman–Crippen LogP) is 1.09. The fourth-order valence-corrected chi connectivity index (χ4v) is 2.14. The number of nitrogens with one attached hydrogen (secondary N) is 1. The SMILES string of the molecule is O=[N+]([O-])c1cccc(S(=O)(=O)Oc2ccn[nH]2)c1. The van der Waals surface area contributed by atoms with Gasteiger partial charge in [-0.15, -0.1) is 0 Å². The lowest BCUT2D eigenvalue weighted by molar-refractivity contribution is -0.385. The number of hydrogen-bond donors (Lipinski definition) is 1. The van der Waals surface area contributed by atoms with Gasteiger partial charge >= 0.3 is 10.1 Å². The Morgan fingerprint density at radius 3 is 2.72 bits per heavy atom. The lowest BCUT2D eigenvalue weighted by atomic mass is 10.3. The minimum atomic E-state index is -4.11. The molecular weight excluding hydrogens is 262 g/mol. The maximum atomic E-state index is 11.8. The van der Waals surface area contributed by atoms with E-state index in [9.17, 15) is 18.5 Å². The monoisotopic (exact) mass is 269 g/mol. The Bertz CT molecular complexity index is 665. The van der Waals surface area contributed by atoms with E-state index in [-0.39, 0.29) is 16.5 Å². The number of nitro benzene ring substituents is 1. The van der Waals surface area contributed by atoms with Gasteiger partial charge < -0.3 is 4.18 Å². The molecule has 2 aromatic rings. The van der Waals surface area contributed by atoms with Crippen molar-refractivity contribution in [3.8, 4) is 5.88 Å². The summed E-state index contributed by atoms with van der Waals surface area (Å²) in [5, 5.41) is 16.4. The van der Waals surface area contributed by atoms with Gasteiger partial charge in [0.25, 0.3) is 5.69 Å². The Kier molecular flexibility index (Phi) is 2.98. The van der Waals surface area contributed by atoms with Crippen molar-refractivity contribution in [3.63, 3.8) is 0 Å². The Labute approximate surface area is 101 Å². The molecule has 0 fully saturated rings. The zero-order valence-corrected chi connectivity index (χ0v) is 9.62. The summed E-state index contributed by atoms with van der Waals surface area (Å²) in [7, 11) is -4.11. The van der Waals surface area contributed by atoms with Crippen molar-refractivity contribution in [1.82, 2.24) is 10.2 Å². The molecule has 0 amide bonds. The van der Waals surface area contributed by atoms with Crippen LogP contribution in [-0.4, -0.2) is 23.5 Å². The van der Waals surface area contributed by atoms with Gasteiger partial charge in [0.05, 0.1) is 11.1 Å². The molecule has 0 radical (unpaired) electrons. The molecule has 0 saturated carbocycles. The van der Waals surface area contributed by atoms with E-state index >= 15 is 0 Å². The average Bonchev–Trinajstić information content (AvgIpc) is 2.81. The van der Waals surface area contributed by atoms with E-state index < -0.39 is 15.0 Å². The highest BCUT2D eigenvalue weighted by Crippen LogP contribution is 2.20. The first-order valence-electron chi connectivity index (χ1n) is 4.67. The number of aromatic nitrogens is 2. The predicted molar refractivity (Wildman–Crippen MR) is 59.5 cm³/mol. The van der Waals surface area contributed by atoms with Crippen LogP contribution in [0, 0.1) is 10.1 Å². The Morgan fingerprint density at radius 1 is 1.33 bits per heavy atom. The molecule has 8 nitrogen and oxygen atoms in total. The second-order valence-electron chi connectivity index (χ2n) is 3.21. The van der Waals surface area contributed by atoms with Crippen LogP contribution in [0.3, 0.4) is 0 Å². The number of aromatic amines is 1. The van der Waals surface area contributed by atoms with Gasteiger partial charge in [0, 0.05) is 18.2 Å². The molecule has 0 atom stereocenters. The summed E-state index contributed by atoms with van der Waals surface area (Å²) in [5.74, 6) is -0.0680. The molecule has 0 bridgehead atoms. The second kappa shape index (κ2) is 4.45. The molecule has 1 N–H and O–H groups in total. The largest absolute Gasteiger partial charge is 0.359 e. The molecule has 0 unspecified atom stereocenters. The highest BCUT2D eigenvalue weighted by molar-refractivity contribution is 7.87. The van der Waals surface area contributed by atoms with Crippen molar-refractivity contribution in [2.75, 3.05) is 0 Å². The number of hydrogen-bond acceptors (Lipinski definition) is 6. The van der Waals surface area contributed by atoms with Crippen molar-refractivity contribution >= 4 is 15.8 Å². The summed E-state index contributed by atoms with van der Waals surface area (Å²) >= 11 is 0. The van der Waals surface area contributed by atoms with Crippen LogP contribution in [0.2, 0.25) is 0 Å². The minimum absolute atomic E-state index is 0.0680. The molecule has 0 spiro atoms. The lowest BCUT2D eigenvalue weighted by Crippen LogP contribution is -2.10. The maximum absolute atomic E-state index is 11.8. The molecule has 9 heteroatoms. The Morgan fingerprint density at radius 2 is 2.11 bits per heavy atom. The second-order valence-corrected chi connectivity index (χ2v) is 4.76. The van der Waals surface area contributed by atoms with E-state index in [1.54, 1.807) is 0 Å². The number of H-pyrrole nitrogens is 1. The Balaban J connectivity index is 2.35. The van der Waals surface area contributed by atoms with Gasteiger partial charge in [-0.3, -0.25) is 10.1 Å². The van der Waals surface area contributed by atoms with Crippen LogP contribution >= 0.6 is 0 Å². The molecular formula is C9H7N3O5S. The topological polar surface area (TPSA) is 115 Å². The first kappa shape index (κ1) is 12.0. The average molecular weight is 269 g/mol. The number of non-ortho nitro benzene ring substituents is 1. The Hall–Kier alpha value is -2.42. The van der Waals surface area contributed by atoms with Gasteiger partial charge in [0.15, 0.2) is 0 Å². The number of nitrogens with zero attached hydrogens (tertiary/aromatic N) is 2. The van der Waals surface area contributed by atoms with Crippen LogP contribution in [0.5, 0.6) is 5.88 Å². The summed E-state index contributed by atoms with van der Waals surface area (Å²) in [6.07, 6.45) is 1.32. The van der Waals surface area contributed by atoms with Gasteiger partial charge in [0.1, 0.15) is 4.90 Å². The van der Waals surface area contributed by atoms with E-state index in [2.05, 4.69) is 10.2 Å². The van der Waals surface area contributed by atoms with Gasteiger partial charge in [-0.05, 0) is 6.07 Å². The van der Waals surface area contributed by atoms with E-state index in [1.807, 2.05) is 0 Å². The molecule has 1 aromatic heterocycles. The van der Waals surface area contributed by atoms with Crippen molar-refractivity contribution in [3.05, 3.63) is 46.6 Å². The van der Waals surface area contributed by atoms with Gasteiger partial charge in [-0.1, -0.05) is 6.07 Å². The summed E-state index contributed by atoms with van der Waals surface area (Å²) in [6.45, 7) is 0. The molecule has 18 heavy (non-hydrogen) atoms. The van der Waals surface area contributed by atoms with Gasteiger partial charge in [-0.2, -0.15) is 13.5 Å². The van der Waals surface area contributed by atoms with Crippen LogP contribution in [-0.2, 0) is 10.1 Å². The lowest BCUT2D eigenvalue weighted by Gasteiger charge is -2.03. The number of benzene rings is 1. The summed E-state index contributed by atoms with van der Waals surface area (Å²) < 4.78 is 28.3. The summed E-state index contributed by atoms with van der Waals surface area (Å²) in [6, 6.07) is 5.90. The number of nitro groups is 1. The summed E-state index contributed by atoms with van der Waals surface area (Å²) in [5.41, 5.74) is -0.329. The molecule has 1 heterocycles. The first-order chi connectivity index (χ1) is 8.49. The van der Waals surface area contributed by atoms with Gasteiger partial charge in [0.2, 0.25) is 5.88 Å². The summed E-state index contributed by atoms with van der Waals surface area (Å²) in [4.78, 5) is 9.57. The van der Waals surface area contributed by atoms with Crippen LogP contribution in [0.1, 0.15) is 0 Å². The molecule has 1 aromatic carbocycles. The fraction of sp³-hybridized carbons (Fsp3) is 0. The zero-order valence-electron chi connectivity index (χ0n) is 8.81. The molecule has 0 aliphatic carbocycles. The number of rotatable bonds is 4. The fourth-order valence-electron chi connectivity index (χ4n) is 1.21. The van der Waals surface area contributed by atoms with E-state index in [0.717, 1.165) is 6.07 Å². The molecule has 2 rings (SSSR count). The molecule has 0 saturated heterocycles. The van der Waals surface area contributed by atoms with Crippen LogP contribution in [0.25, 0.3) is 0 Å². The standard InChI is InChI=1S/C9H7N3O5S/c13-12(14)7-2-1-3-8(6-7)18(15,16)17-9-4-5-10-11-9/h1-6H,(H,10,11). The third-order valence-corrected chi connectivity index (χ3v) is 3.22. The third-order valence-electron chi connectivity index (χ3n) is 1.99. The van der Waals surface area contributed by atoms with Crippen LogP contribution < -0.4 is 4.18 Å². The van der Waals surface area contributed by atoms with E-state index in [1.165, 1.54) is 30.5 Å². The first-order valence-corrected chi connectivity index (χ1v) is 6.08. The van der Waals surface area contributed by atoms with Crippen LogP contribution in [0.15, 0.2) is 41.4 Å². The van der Waals surface area contributed by atoms with Crippen molar-refractivity contribution in [2.45, 2.75) is 4.90 Å². The highest BCUT2D eigenvalue weighted by atomic mass is 32.2. The van der Waals surface area contributed by atoms with Gasteiger partial charge in [-0.25, -0.2) is 5.10 Å². The van der Waals surface area contributed by atoms with E-state index in [4.69, 9.17) is 4.18 Å². The minimum Gasteiger partial charge on any atom is -0.359 e. The van der Waals surface area contributed by atoms with E-state index in [0.29, 0.717) is 0 Å². The smallest absolute Gasteiger partial charge is 0.340 e. The van der Waals surface area contributed by atoms with Crippen molar-refractivity contribution in [1.29, 1.82) is 0 Å². The zero-order chi connectivity index (χ0) is 13.2.